The van der Waals surface area contributed by atoms with Crippen LogP contribution in [-0.2, 0) is 0 Å². The highest BCUT2D eigenvalue weighted by Gasteiger charge is 2.24. The summed E-state index contributed by atoms with van der Waals surface area (Å²) in [6, 6.07) is 0. The van der Waals surface area contributed by atoms with E-state index < -0.39 is 12.2 Å². The van der Waals surface area contributed by atoms with Gasteiger partial charge in [0.05, 0.1) is 6.10 Å². The molecule has 3 nitrogen and oxygen atoms in total. The van der Waals surface area contributed by atoms with E-state index in [-0.39, 0.29) is 0 Å². The quantitative estimate of drug-likeness (QED) is 0.105. The minimum Gasteiger partial charge on any atom is -0.390 e. The molecule has 0 heterocycles. The van der Waals surface area contributed by atoms with E-state index in [1.54, 1.807) is 18.9 Å². The molecular weight excluding hydrogens is 410 g/mol. The van der Waals surface area contributed by atoms with Crippen molar-refractivity contribution in [3.05, 3.63) is 0 Å². The lowest BCUT2D eigenvalue weighted by molar-refractivity contribution is 0.0705. The summed E-state index contributed by atoms with van der Waals surface area (Å²) in [7, 11) is 0. The molecule has 3 atom stereocenters. The summed E-state index contributed by atoms with van der Waals surface area (Å²) >= 11 is 7.29. The van der Waals surface area contributed by atoms with Gasteiger partial charge in [-0.05, 0) is 37.6 Å². The zero-order valence-corrected chi connectivity index (χ0v) is 22.0. The number of rotatable bonds is 21. The Kier molecular flexibility index (Phi) is 21.1. The van der Waals surface area contributed by atoms with Crippen molar-refractivity contribution in [2.75, 3.05) is 12.3 Å². The second kappa shape index (κ2) is 21.0. The van der Waals surface area contributed by atoms with E-state index in [0.29, 0.717) is 10.9 Å². The minimum absolute atomic E-state index is 0.494. The number of nitrogens with zero attached hydrogens (tertiary/aromatic N) is 1. The summed E-state index contributed by atoms with van der Waals surface area (Å²) in [5.74, 6) is 1.63. The molecular formula is C25H51NO2S2. The molecule has 0 rings (SSSR count). The molecule has 2 N–H and O–H groups in total. The van der Waals surface area contributed by atoms with Gasteiger partial charge in [0.15, 0.2) is 0 Å². The Labute approximate surface area is 197 Å². The minimum atomic E-state index is -0.950. The molecule has 0 saturated heterocycles. The van der Waals surface area contributed by atoms with Crippen molar-refractivity contribution in [2.24, 2.45) is 5.92 Å². The van der Waals surface area contributed by atoms with Crippen molar-refractivity contribution in [2.45, 2.75) is 136 Å². The molecule has 0 amide bonds. The first-order valence-electron chi connectivity index (χ1n) is 12.8. The van der Waals surface area contributed by atoms with Crippen molar-refractivity contribution in [1.82, 2.24) is 4.31 Å². The highest BCUT2D eigenvalue weighted by molar-refractivity contribution is 7.98. The SMILES string of the molecule is CCCCCCCCCCCCCSN(CC(CC)CCCC)C(=S)C(O)C(C)O. The van der Waals surface area contributed by atoms with Crippen LogP contribution in [-0.4, -0.2) is 44.0 Å². The summed E-state index contributed by atoms with van der Waals surface area (Å²) in [6.45, 7) is 9.23. The first-order chi connectivity index (χ1) is 14.5. The first kappa shape index (κ1) is 30.2. The number of thiocarbonyl (C=S) groups is 1. The summed E-state index contributed by atoms with van der Waals surface area (Å²) in [6.07, 6.45) is 17.9. The van der Waals surface area contributed by atoms with Crippen molar-refractivity contribution >= 4 is 29.2 Å². The molecule has 3 unspecified atom stereocenters. The number of aliphatic hydroxyl groups is 2. The van der Waals surface area contributed by atoms with Gasteiger partial charge >= 0.3 is 0 Å². The van der Waals surface area contributed by atoms with Gasteiger partial charge in [0.1, 0.15) is 11.1 Å². The molecule has 0 aromatic heterocycles. The third-order valence-corrected chi connectivity index (χ3v) is 7.62. The fourth-order valence-electron chi connectivity index (χ4n) is 3.65. The summed E-state index contributed by atoms with van der Waals surface area (Å²) in [4.78, 5) is 0.494. The molecule has 0 aliphatic heterocycles. The molecule has 0 bridgehead atoms. The summed E-state index contributed by atoms with van der Waals surface area (Å²) in [5.41, 5.74) is 0. The van der Waals surface area contributed by atoms with Gasteiger partial charge in [-0.3, -0.25) is 0 Å². The topological polar surface area (TPSA) is 43.7 Å². The largest absolute Gasteiger partial charge is 0.390 e. The van der Waals surface area contributed by atoms with Crippen molar-refractivity contribution in [3.63, 3.8) is 0 Å². The average molecular weight is 462 g/mol. The molecule has 0 aromatic rings. The number of hydrogen-bond donors (Lipinski definition) is 2. The van der Waals surface area contributed by atoms with E-state index in [1.807, 2.05) is 0 Å². The van der Waals surface area contributed by atoms with Crippen LogP contribution in [0.2, 0.25) is 0 Å². The maximum absolute atomic E-state index is 10.3. The van der Waals surface area contributed by atoms with Gasteiger partial charge in [-0.1, -0.05) is 116 Å². The van der Waals surface area contributed by atoms with E-state index in [9.17, 15) is 10.2 Å². The molecule has 0 radical (unpaired) electrons. The normalized spacial score (nSPS) is 14.5. The lowest BCUT2D eigenvalue weighted by atomic mass is 9.99. The Morgan fingerprint density at radius 3 is 1.77 bits per heavy atom. The Morgan fingerprint density at radius 1 is 0.800 bits per heavy atom. The lowest BCUT2D eigenvalue weighted by Gasteiger charge is -2.31. The van der Waals surface area contributed by atoms with Gasteiger partial charge in [-0.2, -0.15) is 0 Å². The van der Waals surface area contributed by atoms with Crippen LogP contribution in [0, 0.1) is 5.92 Å². The number of unbranched alkanes of at least 4 members (excludes halogenated alkanes) is 11. The molecule has 5 heteroatoms. The maximum Gasteiger partial charge on any atom is 0.130 e. The molecule has 0 aliphatic rings. The predicted octanol–water partition coefficient (Wildman–Crippen LogP) is 7.53. The molecule has 180 valence electrons. The zero-order chi connectivity index (χ0) is 22.6. The Morgan fingerprint density at radius 2 is 1.30 bits per heavy atom. The smallest absolute Gasteiger partial charge is 0.130 e. The van der Waals surface area contributed by atoms with Crippen LogP contribution < -0.4 is 0 Å². The highest BCUT2D eigenvalue weighted by atomic mass is 32.2. The van der Waals surface area contributed by atoms with Crippen LogP contribution in [0.15, 0.2) is 0 Å². The van der Waals surface area contributed by atoms with E-state index in [2.05, 4.69) is 25.1 Å². The second-order valence-electron chi connectivity index (χ2n) is 8.87. The fraction of sp³-hybridized carbons (Fsp3) is 0.960. The van der Waals surface area contributed by atoms with Gasteiger partial charge in [0, 0.05) is 12.3 Å². The monoisotopic (exact) mass is 461 g/mol. The lowest BCUT2D eigenvalue weighted by Crippen LogP contribution is -2.41. The van der Waals surface area contributed by atoms with E-state index >= 15 is 0 Å². The van der Waals surface area contributed by atoms with Crippen LogP contribution in [0.1, 0.15) is 124 Å². The standard InChI is InChI=1S/C25H51NO2S2/c1-5-8-10-11-12-13-14-15-16-17-18-20-30-26(25(29)24(28)22(4)27)21-23(7-3)19-9-6-2/h22-24,27-28H,5-21H2,1-4H3. The molecule has 0 saturated carbocycles. The van der Waals surface area contributed by atoms with Crippen LogP contribution in [0.25, 0.3) is 0 Å². The molecule has 0 aliphatic carbocycles. The van der Waals surface area contributed by atoms with Gasteiger partial charge < -0.3 is 14.5 Å². The Bertz CT molecular complexity index is 393. The zero-order valence-electron chi connectivity index (χ0n) is 20.4. The van der Waals surface area contributed by atoms with Crippen molar-refractivity contribution in [3.8, 4) is 0 Å². The number of hydrogen-bond acceptors (Lipinski definition) is 4. The van der Waals surface area contributed by atoms with Gasteiger partial charge in [-0.15, -0.1) is 0 Å². The predicted molar refractivity (Wildman–Crippen MR) is 139 cm³/mol. The Hall–Kier alpha value is 0.160. The summed E-state index contributed by atoms with van der Waals surface area (Å²) in [5, 5.41) is 20.0. The first-order valence-corrected chi connectivity index (χ1v) is 14.1. The average Bonchev–Trinajstić information content (AvgIpc) is 2.74. The third kappa shape index (κ3) is 15.9. The van der Waals surface area contributed by atoms with E-state index in [4.69, 9.17) is 12.2 Å². The fourth-order valence-corrected chi connectivity index (χ4v) is 5.19. The molecule has 0 fully saturated rings. The van der Waals surface area contributed by atoms with Gasteiger partial charge in [0.25, 0.3) is 0 Å². The third-order valence-electron chi connectivity index (χ3n) is 5.92. The van der Waals surface area contributed by atoms with E-state index in [0.717, 1.165) is 18.7 Å². The van der Waals surface area contributed by atoms with Crippen LogP contribution in [0.5, 0.6) is 0 Å². The van der Waals surface area contributed by atoms with Gasteiger partial charge in [0.2, 0.25) is 0 Å². The van der Waals surface area contributed by atoms with Crippen molar-refractivity contribution < 1.29 is 10.2 Å². The van der Waals surface area contributed by atoms with Crippen LogP contribution in [0.4, 0.5) is 0 Å². The second-order valence-corrected chi connectivity index (χ2v) is 10.4. The highest BCUT2D eigenvalue weighted by Crippen LogP contribution is 2.23. The molecule has 0 aromatic carbocycles. The molecule has 0 spiro atoms. The maximum atomic E-state index is 10.3. The van der Waals surface area contributed by atoms with E-state index in [1.165, 1.54) is 89.9 Å². The Balaban J connectivity index is 4.15. The van der Waals surface area contributed by atoms with Crippen LogP contribution >= 0.6 is 24.2 Å². The van der Waals surface area contributed by atoms with Crippen molar-refractivity contribution in [1.29, 1.82) is 0 Å². The molecule has 30 heavy (non-hydrogen) atoms. The number of aliphatic hydroxyl groups excluding tert-OH is 2. The summed E-state index contributed by atoms with van der Waals surface area (Å²) < 4.78 is 2.10. The van der Waals surface area contributed by atoms with Crippen LogP contribution in [0.3, 0.4) is 0 Å². The van der Waals surface area contributed by atoms with Gasteiger partial charge in [-0.25, -0.2) is 0 Å².